The number of allylic oxidation sites excluding steroid dienone is 1. The van der Waals surface area contributed by atoms with Crippen LogP contribution >= 0.6 is 0 Å². The molecule has 0 aliphatic carbocycles. The molecule has 3 aromatic carbocycles. The van der Waals surface area contributed by atoms with Gasteiger partial charge in [-0.05, 0) is 0 Å². The second-order valence-electron chi connectivity index (χ2n) is 17.4. The first-order valence-corrected chi connectivity index (χ1v) is 27.1. The Labute approximate surface area is 370 Å². The van der Waals surface area contributed by atoms with Gasteiger partial charge in [0.05, 0.1) is 0 Å². The summed E-state index contributed by atoms with van der Waals surface area (Å²) in [4.78, 5) is 5.72. The van der Waals surface area contributed by atoms with Gasteiger partial charge in [-0.15, -0.1) is 0 Å². The topological polar surface area (TPSA) is 12.4 Å². The molecule has 0 bridgehead atoms. The molecule has 2 heteroatoms. The van der Waals surface area contributed by atoms with Crippen molar-refractivity contribution in [3.8, 4) is 11.1 Å². The van der Waals surface area contributed by atoms with Crippen LogP contribution in [0.1, 0.15) is 224 Å². The number of rotatable bonds is 32. The molecule has 0 spiro atoms. The summed E-state index contributed by atoms with van der Waals surface area (Å²) in [5, 5.41) is 1.27. The fourth-order valence-electron chi connectivity index (χ4n) is 8.80. The normalized spacial score (nSPS) is 12.6. The van der Waals surface area contributed by atoms with E-state index in [2.05, 4.69) is 116 Å². The molecular weight excluding hydrogens is 757 g/mol. The van der Waals surface area contributed by atoms with Gasteiger partial charge in [0.2, 0.25) is 0 Å². The van der Waals surface area contributed by atoms with Crippen molar-refractivity contribution in [2.75, 3.05) is 0 Å². The van der Waals surface area contributed by atoms with Crippen molar-refractivity contribution in [1.29, 1.82) is 0 Å². The standard InChI is InChI=1S/C52H78N.C4H9.CH3.Ni/c1-8-14-19-22-23-26-34-46-39-43(38-45(30-17-11-4)50(46)36-29-21-16-10-3)37-42(7)51(13-6)53-49-40-47(31-18-12-5)52(44-32-27-24-28-33-44)48(41-49)35-25-20-15-9-2;1-3-4-2;;/h24,27-28,32-33,38-41H,8-23,25-26,29-31,34-36H2,1-7H3;1,3-4H2,2H3;1H3;. The van der Waals surface area contributed by atoms with E-state index in [1.165, 1.54) is 192 Å². The molecule has 0 amide bonds. The molecule has 3 rings (SSSR count). The summed E-state index contributed by atoms with van der Waals surface area (Å²) >= 11 is -0.0415. The van der Waals surface area contributed by atoms with Gasteiger partial charge in [0.25, 0.3) is 0 Å². The third-order valence-corrected chi connectivity index (χ3v) is 14.9. The Morgan fingerprint density at radius 1 is 0.492 bits per heavy atom. The molecule has 0 radical (unpaired) electrons. The first kappa shape index (κ1) is 50.9. The molecule has 0 atom stereocenters. The van der Waals surface area contributed by atoms with E-state index < -0.39 is 0 Å². The van der Waals surface area contributed by atoms with Crippen molar-refractivity contribution in [3.63, 3.8) is 0 Å². The van der Waals surface area contributed by atoms with E-state index in [1.54, 1.807) is 21.2 Å². The molecule has 0 heterocycles. The van der Waals surface area contributed by atoms with Crippen molar-refractivity contribution < 1.29 is 13.4 Å². The molecule has 3 aromatic rings. The van der Waals surface area contributed by atoms with E-state index in [9.17, 15) is 0 Å². The van der Waals surface area contributed by atoms with Gasteiger partial charge in [-0.2, -0.15) is 0 Å². The van der Waals surface area contributed by atoms with Crippen LogP contribution in [-0.4, -0.2) is 5.71 Å². The minimum absolute atomic E-state index is 0.0415. The van der Waals surface area contributed by atoms with Crippen LogP contribution in [-0.2, 0) is 45.5 Å². The monoisotopic (exact) mass is 847 g/mol. The van der Waals surface area contributed by atoms with Crippen LogP contribution in [0, 0.1) is 0 Å². The average molecular weight is 848 g/mol. The number of benzene rings is 3. The Balaban J connectivity index is 2.28. The van der Waals surface area contributed by atoms with E-state index in [0.717, 1.165) is 24.9 Å². The first-order valence-electron chi connectivity index (χ1n) is 24.9. The quantitative estimate of drug-likeness (QED) is 0.0337. The molecule has 0 fully saturated rings. The number of hydrogen-bond acceptors (Lipinski definition) is 1. The van der Waals surface area contributed by atoms with Crippen LogP contribution in [0.15, 0.2) is 65.2 Å². The second-order valence-corrected chi connectivity index (χ2v) is 20.0. The summed E-state index contributed by atoms with van der Waals surface area (Å²) in [7, 11) is 0. The van der Waals surface area contributed by atoms with Crippen molar-refractivity contribution in [2.24, 2.45) is 4.99 Å². The van der Waals surface area contributed by atoms with Crippen LogP contribution in [0.25, 0.3) is 15.7 Å². The van der Waals surface area contributed by atoms with Crippen LogP contribution in [0.3, 0.4) is 0 Å². The predicted octanol–water partition coefficient (Wildman–Crippen LogP) is 19.0. The van der Waals surface area contributed by atoms with Crippen LogP contribution in [0.5, 0.6) is 0 Å². The first-order chi connectivity index (χ1) is 28.9. The van der Waals surface area contributed by atoms with Gasteiger partial charge in [-0.25, -0.2) is 0 Å². The number of hydrogen-bond donors (Lipinski definition) is 0. The maximum atomic E-state index is 5.72. The summed E-state index contributed by atoms with van der Waals surface area (Å²) in [5.41, 5.74) is 16.2. The van der Waals surface area contributed by atoms with Gasteiger partial charge in [0, 0.05) is 0 Å². The zero-order valence-corrected chi connectivity index (χ0v) is 41.0. The van der Waals surface area contributed by atoms with E-state index in [-0.39, 0.29) is 13.4 Å². The van der Waals surface area contributed by atoms with Gasteiger partial charge < -0.3 is 0 Å². The number of unbranched alkanes of at least 4 members (excludes halogenated alkanes) is 14. The molecule has 1 nitrogen and oxygen atoms in total. The second kappa shape index (κ2) is 30.6. The van der Waals surface area contributed by atoms with E-state index in [1.807, 2.05) is 0 Å². The van der Waals surface area contributed by atoms with Gasteiger partial charge in [0.1, 0.15) is 0 Å². The summed E-state index contributed by atoms with van der Waals surface area (Å²) in [6.45, 7) is 18.8. The van der Waals surface area contributed by atoms with Crippen molar-refractivity contribution in [3.05, 3.63) is 93.6 Å². The third kappa shape index (κ3) is 17.5. The van der Waals surface area contributed by atoms with Crippen molar-refractivity contribution in [1.82, 2.24) is 0 Å². The molecule has 0 aliphatic rings. The van der Waals surface area contributed by atoms with Crippen LogP contribution in [0.2, 0.25) is 11.3 Å². The summed E-state index contributed by atoms with van der Waals surface area (Å²) in [5.74, 6) is 2.56. The number of aliphatic imine (C=N–C) groups is 1. The molecule has 333 valence electrons. The van der Waals surface area contributed by atoms with Gasteiger partial charge >= 0.3 is 366 Å². The van der Waals surface area contributed by atoms with E-state index in [4.69, 9.17) is 4.99 Å². The maximum absolute atomic E-state index is 5.72. The molecule has 0 unspecified atom stereocenters. The predicted molar refractivity (Wildman–Crippen MR) is 264 cm³/mol. The zero-order valence-electron chi connectivity index (χ0n) is 40.1. The number of aryl methyl sites for hydroxylation is 4. The SMILES string of the molecule is CCCCCCCCc1cc([C](=C(C)C(CC)=Nc2cc(CCCC)c(-c3ccccc3)c(CCCCCC)c2)[Ni]([CH3])[CH2]CCC)cc(CCCC)c1CCCCCC. The van der Waals surface area contributed by atoms with Crippen LogP contribution < -0.4 is 0 Å². The molecule has 0 saturated heterocycles. The summed E-state index contributed by atoms with van der Waals surface area (Å²) in [6, 6.07) is 21.6. The summed E-state index contributed by atoms with van der Waals surface area (Å²) < 4.78 is 1.60. The average Bonchev–Trinajstić information content (AvgIpc) is 3.25. The Morgan fingerprint density at radius 2 is 0.949 bits per heavy atom. The summed E-state index contributed by atoms with van der Waals surface area (Å²) in [6.07, 6.45) is 32.9. The Bertz CT molecular complexity index is 1640. The van der Waals surface area contributed by atoms with Crippen molar-refractivity contribution >= 4 is 15.9 Å². The molecule has 0 aromatic heterocycles. The fourth-order valence-corrected chi connectivity index (χ4v) is 11.3. The van der Waals surface area contributed by atoms with Gasteiger partial charge in [-0.1, -0.05) is 6.92 Å². The minimum atomic E-state index is -0.0415. The van der Waals surface area contributed by atoms with Gasteiger partial charge in [0.15, 0.2) is 0 Å². The molecule has 0 saturated carbocycles. The fraction of sp³-hybridized carbons (Fsp3) is 0.632. The molecule has 0 aliphatic heterocycles. The molecule has 0 N–H and O–H groups in total. The third-order valence-electron chi connectivity index (χ3n) is 12.3. The zero-order chi connectivity index (χ0) is 42.7. The Morgan fingerprint density at radius 3 is 1.49 bits per heavy atom. The Kier molecular flexibility index (Phi) is 26.4. The Hall–Kier alpha value is -2.44. The molecular formula is C57H90NNi. The van der Waals surface area contributed by atoms with Crippen LogP contribution in [0.4, 0.5) is 5.69 Å². The van der Waals surface area contributed by atoms with E-state index in [0.29, 0.717) is 0 Å². The number of nitrogens with zero attached hydrogens (tertiary/aromatic N) is 1. The van der Waals surface area contributed by atoms with Gasteiger partial charge in [-0.3, -0.25) is 0 Å². The van der Waals surface area contributed by atoms with Crippen molar-refractivity contribution in [2.45, 2.75) is 234 Å². The van der Waals surface area contributed by atoms with E-state index >= 15 is 0 Å². The molecule has 59 heavy (non-hydrogen) atoms.